The number of aromatic nitrogens is 2. The predicted octanol–water partition coefficient (Wildman–Crippen LogP) is 1.78. The molecule has 0 aliphatic carbocycles. The molecule has 49 heavy (non-hydrogen) atoms. The molecule has 2 aromatic rings. The van der Waals surface area contributed by atoms with Gasteiger partial charge < -0.3 is 30.5 Å². The van der Waals surface area contributed by atoms with E-state index in [1.165, 1.54) is 6.07 Å². The number of nitrogens with one attached hydrogen (secondary N) is 4. The van der Waals surface area contributed by atoms with Crippen LogP contribution in [-0.4, -0.2) is 102 Å². The van der Waals surface area contributed by atoms with Gasteiger partial charge in [0.2, 0.25) is 21.8 Å². The molecule has 0 unspecified atom stereocenters. The molecule has 0 spiro atoms. The third kappa shape index (κ3) is 12.0. The summed E-state index contributed by atoms with van der Waals surface area (Å²) in [6, 6.07) is 9.61. The van der Waals surface area contributed by atoms with E-state index in [0.29, 0.717) is 70.4 Å². The van der Waals surface area contributed by atoms with E-state index in [1.54, 1.807) is 21.9 Å². The Morgan fingerprint density at radius 2 is 1.63 bits per heavy atom. The molecule has 268 valence electrons. The molecular formula is C31H42F3N9O5S. The number of ether oxygens (including phenoxy) is 1. The van der Waals surface area contributed by atoms with Crippen molar-refractivity contribution in [1.29, 1.82) is 5.26 Å². The molecule has 0 bridgehead atoms. The van der Waals surface area contributed by atoms with Crippen LogP contribution >= 0.6 is 0 Å². The highest BCUT2D eigenvalue weighted by atomic mass is 32.2. The van der Waals surface area contributed by atoms with Gasteiger partial charge in [-0.25, -0.2) is 27.9 Å². The van der Waals surface area contributed by atoms with E-state index < -0.39 is 28.1 Å². The molecule has 1 aromatic carbocycles. The summed E-state index contributed by atoms with van der Waals surface area (Å²) in [5, 5.41) is 17.2. The molecule has 4 N–H and O–H groups in total. The van der Waals surface area contributed by atoms with E-state index in [9.17, 15) is 31.2 Å². The average molecular weight is 710 g/mol. The smallest absolute Gasteiger partial charge is 0.378 e. The largest absolute Gasteiger partial charge is 0.451 e. The van der Waals surface area contributed by atoms with Crippen LogP contribution in [0.15, 0.2) is 30.3 Å². The minimum Gasteiger partial charge on any atom is -0.378 e. The molecule has 1 atom stereocenters. The van der Waals surface area contributed by atoms with Crippen molar-refractivity contribution in [2.24, 2.45) is 5.92 Å². The Morgan fingerprint density at radius 3 is 2.27 bits per heavy atom. The number of amides is 3. The lowest BCUT2D eigenvalue weighted by Gasteiger charge is -2.41. The normalized spacial score (nSPS) is 16.8. The van der Waals surface area contributed by atoms with E-state index in [0.717, 1.165) is 11.8 Å². The first-order valence-electron chi connectivity index (χ1n) is 16.1. The van der Waals surface area contributed by atoms with Crippen molar-refractivity contribution in [2.45, 2.75) is 44.3 Å². The summed E-state index contributed by atoms with van der Waals surface area (Å²) in [7, 11) is -3.27. The molecule has 1 aromatic heterocycles. The third-order valence-electron chi connectivity index (χ3n) is 8.28. The SMILES string of the molecule is CS(=O)(=O)NCCOCCNC(=O)NCCC1CCN(c2cc(N3CC[C@H]3C(=O)NCCc3ccc(C#N)cc3)nc(C(F)(F)F)n2)CC1. The van der Waals surface area contributed by atoms with Crippen molar-refractivity contribution < 1.29 is 35.9 Å². The van der Waals surface area contributed by atoms with Crippen LogP contribution in [0.2, 0.25) is 0 Å². The van der Waals surface area contributed by atoms with E-state index in [-0.39, 0.29) is 55.8 Å². The molecule has 3 amide bonds. The second-order valence-electron chi connectivity index (χ2n) is 11.9. The third-order valence-corrected chi connectivity index (χ3v) is 9.01. The molecule has 2 aliphatic heterocycles. The van der Waals surface area contributed by atoms with Gasteiger partial charge in [-0.3, -0.25) is 4.79 Å². The number of sulfonamides is 1. The number of nitrogens with zero attached hydrogens (tertiary/aromatic N) is 5. The van der Waals surface area contributed by atoms with Crippen LogP contribution in [0.5, 0.6) is 0 Å². The number of hydrogen-bond acceptors (Lipinski definition) is 10. The fraction of sp³-hybridized carbons (Fsp3) is 0.581. The molecule has 2 fully saturated rings. The number of anilines is 2. The maximum Gasteiger partial charge on any atom is 0.451 e. The van der Waals surface area contributed by atoms with Crippen molar-refractivity contribution in [3.63, 3.8) is 0 Å². The lowest BCUT2D eigenvalue weighted by molar-refractivity contribution is -0.144. The van der Waals surface area contributed by atoms with Gasteiger partial charge in [0.25, 0.3) is 0 Å². The first-order chi connectivity index (χ1) is 23.3. The van der Waals surface area contributed by atoms with Crippen molar-refractivity contribution in [2.75, 3.05) is 75.1 Å². The van der Waals surface area contributed by atoms with Gasteiger partial charge in [0.05, 0.1) is 31.1 Å². The Balaban J connectivity index is 1.21. The number of piperidine rings is 1. The Bertz CT molecular complexity index is 1560. The highest BCUT2D eigenvalue weighted by Gasteiger charge is 2.40. The maximum atomic E-state index is 13.9. The van der Waals surface area contributed by atoms with Crippen LogP contribution in [0, 0.1) is 17.2 Å². The predicted molar refractivity (Wildman–Crippen MR) is 175 cm³/mol. The molecular weight excluding hydrogens is 667 g/mol. The Labute approximate surface area is 283 Å². The summed E-state index contributed by atoms with van der Waals surface area (Å²) in [5.41, 5.74) is 1.49. The molecule has 0 saturated carbocycles. The minimum atomic E-state index is -4.76. The first kappa shape index (κ1) is 37.6. The second kappa shape index (κ2) is 17.4. The van der Waals surface area contributed by atoms with Crippen LogP contribution in [0.3, 0.4) is 0 Å². The molecule has 14 nitrogen and oxygen atoms in total. The average Bonchev–Trinajstić information content (AvgIpc) is 3.03. The lowest BCUT2D eigenvalue weighted by atomic mass is 9.93. The topological polar surface area (TPSA) is 182 Å². The van der Waals surface area contributed by atoms with Crippen LogP contribution in [-0.2, 0) is 32.2 Å². The van der Waals surface area contributed by atoms with E-state index >= 15 is 0 Å². The molecule has 2 saturated heterocycles. The summed E-state index contributed by atoms with van der Waals surface area (Å²) in [6.07, 6.45) is -0.570. The van der Waals surface area contributed by atoms with Crippen molar-refractivity contribution >= 4 is 33.6 Å². The fourth-order valence-electron chi connectivity index (χ4n) is 5.53. The van der Waals surface area contributed by atoms with Crippen LogP contribution in [0.25, 0.3) is 0 Å². The molecule has 4 rings (SSSR count). The number of alkyl halides is 3. The first-order valence-corrected chi connectivity index (χ1v) is 18.0. The monoisotopic (exact) mass is 709 g/mol. The van der Waals surface area contributed by atoms with Crippen LogP contribution in [0.1, 0.15) is 42.6 Å². The van der Waals surface area contributed by atoms with Gasteiger partial charge in [0.15, 0.2) is 0 Å². The van der Waals surface area contributed by atoms with Gasteiger partial charge in [-0.15, -0.1) is 0 Å². The van der Waals surface area contributed by atoms with E-state index in [4.69, 9.17) is 10.00 Å². The van der Waals surface area contributed by atoms with E-state index in [1.807, 2.05) is 12.1 Å². The summed E-state index contributed by atoms with van der Waals surface area (Å²) in [4.78, 5) is 36.0. The van der Waals surface area contributed by atoms with Crippen molar-refractivity contribution in [3.05, 3.63) is 47.3 Å². The highest BCUT2D eigenvalue weighted by molar-refractivity contribution is 7.88. The Morgan fingerprint density at radius 1 is 0.959 bits per heavy atom. The van der Waals surface area contributed by atoms with Gasteiger partial charge in [0, 0.05) is 51.9 Å². The van der Waals surface area contributed by atoms with Crippen molar-refractivity contribution in [1.82, 2.24) is 30.6 Å². The zero-order valence-corrected chi connectivity index (χ0v) is 28.1. The molecule has 2 aliphatic rings. The number of carbonyl (C=O) groups excluding carboxylic acids is 2. The fourth-order valence-corrected chi connectivity index (χ4v) is 5.98. The van der Waals surface area contributed by atoms with Gasteiger partial charge in [-0.2, -0.15) is 18.4 Å². The molecule has 18 heteroatoms. The van der Waals surface area contributed by atoms with Gasteiger partial charge in [0.1, 0.15) is 17.7 Å². The quantitative estimate of drug-likeness (QED) is 0.188. The summed E-state index contributed by atoms with van der Waals surface area (Å²) in [6.45, 7) is 2.94. The Kier molecular flexibility index (Phi) is 13.4. The highest BCUT2D eigenvalue weighted by Crippen LogP contribution is 2.34. The number of benzene rings is 1. The number of carbonyl (C=O) groups is 2. The lowest BCUT2D eigenvalue weighted by Crippen LogP contribution is -2.57. The maximum absolute atomic E-state index is 13.9. The number of hydrogen-bond donors (Lipinski definition) is 4. The van der Waals surface area contributed by atoms with E-state index in [2.05, 4.69) is 36.7 Å². The zero-order chi connectivity index (χ0) is 35.4. The van der Waals surface area contributed by atoms with Gasteiger partial charge in [-0.1, -0.05) is 12.1 Å². The summed E-state index contributed by atoms with van der Waals surface area (Å²) < 4.78 is 71.1. The standard InChI is InChI=1S/C31H42F3N9O5S/c1-49(46,47)39-14-19-48-18-13-38-30(45)37-12-7-23-8-15-42(16-9-23)26-20-27(41-29(40-26)31(32,33)34)43-17-10-25(43)28(44)36-11-6-22-2-4-24(21-35)5-3-22/h2-5,20,23,25,39H,6-19H2,1H3,(H,36,44)(H2,37,38,45)/t25-/m0/s1. The Hall–Kier alpha value is -4.21. The number of halogens is 3. The number of nitriles is 1. The zero-order valence-electron chi connectivity index (χ0n) is 27.3. The minimum absolute atomic E-state index is 0.0594. The molecule has 3 heterocycles. The second-order valence-corrected chi connectivity index (χ2v) is 13.8. The number of urea groups is 1. The van der Waals surface area contributed by atoms with Crippen molar-refractivity contribution in [3.8, 4) is 6.07 Å². The van der Waals surface area contributed by atoms with Crippen LogP contribution in [0.4, 0.5) is 29.6 Å². The number of rotatable bonds is 16. The van der Waals surface area contributed by atoms with Crippen LogP contribution < -0.4 is 30.5 Å². The molecule has 0 radical (unpaired) electrons. The summed E-state index contributed by atoms with van der Waals surface area (Å²) in [5.74, 6) is -1.05. The van der Waals surface area contributed by atoms with Gasteiger partial charge in [-0.05, 0) is 55.7 Å². The van der Waals surface area contributed by atoms with Gasteiger partial charge >= 0.3 is 12.2 Å². The summed E-state index contributed by atoms with van der Waals surface area (Å²) >= 11 is 0.